The summed E-state index contributed by atoms with van der Waals surface area (Å²) in [6.45, 7) is 14.6. The minimum atomic E-state index is 0.786. The number of hydrogen-bond donors (Lipinski definition) is 1. The zero-order valence-electron chi connectivity index (χ0n) is 13.1. The van der Waals surface area contributed by atoms with Crippen molar-refractivity contribution in [2.75, 3.05) is 6.54 Å². The Morgan fingerprint density at radius 3 is 2.18 bits per heavy atom. The fraction of sp³-hybridized carbons (Fsp3) is 1.00. The molecule has 0 aromatic rings. The Morgan fingerprint density at radius 1 is 1.06 bits per heavy atom. The van der Waals surface area contributed by atoms with E-state index in [2.05, 4.69) is 33.0 Å². The Balaban J connectivity index is 0.00000121. The van der Waals surface area contributed by atoms with Crippen molar-refractivity contribution < 1.29 is 0 Å². The van der Waals surface area contributed by atoms with Crippen LogP contribution in [0.25, 0.3) is 0 Å². The van der Waals surface area contributed by atoms with Gasteiger partial charge in [0.05, 0.1) is 0 Å². The summed E-state index contributed by atoms with van der Waals surface area (Å²) >= 11 is 0. The lowest BCUT2D eigenvalue weighted by molar-refractivity contribution is 0.337. The van der Waals surface area contributed by atoms with Gasteiger partial charge in [-0.3, -0.25) is 0 Å². The zero-order valence-corrected chi connectivity index (χ0v) is 13.1. The van der Waals surface area contributed by atoms with E-state index in [0.29, 0.717) is 0 Å². The first-order chi connectivity index (χ1) is 8.15. The molecule has 3 unspecified atom stereocenters. The molecular weight excluding hydrogens is 206 g/mol. The van der Waals surface area contributed by atoms with Crippen molar-refractivity contribution in [3.8, 4) is 0 Å². The summed E-state index contributed by atoms with van der Waals surface area (Å²) in [6.07, 6.45) is 6.96. The van der Waals surface area contributed by atoms with Crippen LogP contribution >= 0.6 is 0 Å². The van der Waals surface area contributed by atoms with E-state index in [9.17, 15) is 0 Å². The largest absolute Gasteiger partial charge is 0.314 e. The summed E-state index contributed by atoms with van der Waals surface area (Å²) in [7, 11) is 0. The van der Waals surface area contributed by atoms with E-state index in [0.717, 1.165) is 23.8 Å². The Kier molecular flexibility index (Phi) is 9.91. The molecule has 0 aromatic carbocycles. The predicted molar refractivity (Wildman–Crippen MR) is 79.4 cm³/mol. The van der Waals surface area contributed by atoms with Gasteiger partial charge in [0, 0.05) is 6.04 Å². The Hall–Kier alpha value is -0.0400. The molecule has 104 valence electrons. The molecule has 0 amide bonds. The maximum atomic E-state index is 3.72. The average Bonchev–Trinajstić information content (AvgIpc) is 2.52. The first-order valence-corrected chi connectivity index (χ1v) is 7.88. The lowest BCUT2D eigenvalue weighted by Crippen LogP contribution is -2.34. The molecule has 0 heterocycles. The third-order valence-corrected chi connectivity index (χ3v) is 4.13. The van der Waals surface area contributed by atoms with Crippen molar-refractivity contribution in [2.24, 2.45) is 17.8 Å². The van der Waals surface area contributed by atoms with Crippen molar-refractivity contribution in [2.45, 2.75) is 79.7 Å². The van der Waals surface area contributed by atoms with Crippen LogP contribution in [0.5, 0.6) is 0 Å². The van der Waals surface area contributed by atoms with Gasteiger partial charge < -0.3 is 5.32 Å². The van der Waals surface area contributed by atoms with E-state index in [1.54, 1.807) is 0 Å². The highest BCUT2D eigenvalue weighted by Gasteiger charge is 2.25. The second-order valence-electron chi connectivity index (χ2n) is 5.70. The maximum absolute atomic E-state index is 3.72. The predicted octanol–water partition coefficient (Wildman–Crippen LogP) is 4.86. The third-order valence-electron chi connectivity index (χ3n) is 4.13. The van der Waals surface area contributed by atoms with Crippen LogP contribution in [0, 0.1) is 17.8 Å². The lowest BCUT2D eigenvalue weighted by atomic mass is 9.89. The molecule has 1 aliphatic carbocycles. The van der Waals surface area contributed by atoms with Crippen LogP contribution in [-0.4, -0.2) is 12.6 Å². The van der Waals surface area contributed by atoms with Crippen molar-refractivity contribution >= 4 is 0 Å². The quantitative estimate of drug-likeness (QED) is 0.693. The molecule has 0 aromatic heterocycles. The van der Waals surface area contributed by atoms with E-state index >= 15 is 0 Å². The summed E-state index contributed by atoms with van der Waals surface area (Å²) in [5, 5.41) is 3.72. The number of hydrogen-bond acceptors (Lipinski definition) is 1. The van der Waals surface area contributed by atoms with Crippen LogP contribution < -0.4 is 5.32 Å². The smallest absolute Gasteiger partial charge is 0.00927 e. The molecule has 1 aliphatic rings. The van der Waals surface area contributed by atoms with E-state index in [4.69, 9.17) is 0 Å². The van der Waals surface area contributed by atoms with Gasteiger partial charge in [0.15, 0.2) is 0 Å². The normalized spacial score (nSPS) is 29.5. The van der Waals surface area contributed by atoms with Crippen LogP contribution in [0.4, 0.5) is 0 Å². The maximum Gasteiger partial charge on any atom is 0.00927 e. The Bertz CT molecular complexity index is 165. The van der Waals surface area contributed by atoms with Crippen molar-refractivity contribution in [1.29, 1.82) is 0 Å². The SMILES string of the molecule is CC.CCCNC1CCC(C(C)C)CCC1C. The van der Waals surface area contributed by atoms with Crippen LogP contribution in [-0.2, 0) is 0 Å². The van der Waals surface area contributed by atoms with Crippen LogP contribution in [0.2, 0.25) is 0 Å². The van der Waals surface area contributed by atoms with Crippen LogP contribution in [0.3, 0.4) is 0 Å². The summed E-state index contributed by atoms with van der Waals surface area (Å²) in [4.78, 5) is 0. The fourth-order valence-electron chi connectivity index (χ4n) is 2.80. The third kappa shape index (κ3) is 6.45. The standard InChI is InChI=1S/C14H29N.C2H6/c1-5-10-15-14-9-8-13(11(2)3)7-6-12(14)4;1-2/h11-15H,5-10H2,1-4H3;1-2H3. The number of nitrogens with one attached hydrogen (secondary N) is 1. The fourth-order valence-corrected chi connectivity index (χ4v) is 2.80. The van der Waals surface area contributed by atoms with Gasteiger partial charge in [-0.25, -0.2) is 0 Å². The topological polar surface area (TPSA) is 12.0 Å². The average molecular weight is 241 g/mol. The van der Waals surface area contributed by atoms with Gasteiger partial charge in [-0.1, -0.05) is 41.5 Å². The molecule has 0 aliphatic heterocycles. The van der Waals surface area contributed by atoms with Crippen LogP contribution in [0.15, 0.2) is 0 Å². The molecule has 1 rings (SSSR count). The summed E-state index contributed by atoms with van der Waals surface area (Å²) in [5.74, 6) is 2.73. The minimum absolute atomic E-state index is 0.786. The van der Waals surface area contributed by atoms with Gasteiger partial charge in [-0.05, 0) is 56.4 Å². The van der Waals surface area contributed by atoms with Gasteiger partial charge in [0.2, 0.25) is 0 Å². The Morgan fingerprint density at radius 2 is 1.65 bits per heavy atom. The van der Waals surface area contributed by atoms with Gasteiger partial charge in [0.25, 0.3) is 0 Å². The molecule has 17 heavy (non-hydrogen) atoms. The second kappa shape index (κ2) is 9.94. The van der Waals surface area contributed by atoms with Crippen LogP contribution in [0.1, 0.15) is 73.6 Å². The highest BCUT2D eigenvalue weighted by molar-refractivity contribution is 4.80. The Labute approximate surface area is 110 Å². The first kappa shape index (κ1) is 17.0. The molecule has 1 heteroatoms. The summed E-state index contributed by atoms with van der Waals surface area (Å²) in [5.41, 5.74) is 0. The van der Waals surface area contributed by atoms with Gasteiger partial charge >= 0.3 is 0 Å². The summed E-state index contributed by atoms with van der Waals surface area (Å²) in [6, 6.07) is 0.786. The monoisotopic (exact) mass is 241 g/mol. The van der Waals surface area contributed by atoms with Gasteiger partial charge in [-0.15, -0.1) is 0 Å². The molecule has 1 N–H and O–H groups in total. The van der Waals surface area contributed by atoms with E-state index < -0.39 is 0 Å². The summed E-state index contributed by atoms with van der Waals surface area (Å²) < 4.78 is 0. The molecule has 1 saturated carbocycles. The molecule has 1 fully saturated rings. The highest BCUT2D eigenvalue weighted by Crippen LogP contribution is 2.31. The van der Waals surface area contributed by atoms with Crippen molar-refractivity contribution in [3.05, 3.63) is 0 Å². The first-order valence-electron chi connectivity index (χ1n) is 7.88. The second-order valence-corrected chi connectivity index (χ2v) is 5.70. The van der Waals surface area contributed by atoms with Crippen molar-refractivity contribution in [3.63, 3.8) is 0 Å². The van der Waals surface area contributed by atoms with Gasteiger partial charge in [0.1, 0.15) is 0 Å². The molecule has 3 atom stereocenters. The van der Waals surface area contributed by atoms with E-state index in [-0.39, 0.29) is 0 Å². The van der Waals surface area contributed by atoms with Gasteiger partial charge in [-0.2, -0.15) is 0 Å². The zero-order chi connectivity index (χ0) is 13.3. The van der Waals surface area contributed by atoms with Crippen molar-refractivity contribution in [1.82, 2.24) is 5.32 Å². The lowest BCUT2D eigenvalue weighted by Gasteiger charge is -2.22. The molecule has 0 saturated heterocycles. The molecular formula is C16H35N. The minimum Gasteiger partial charge on any atom is -0.314 e. The molecule has 0 bridgehead atoms. The number of rotatable bonds is 4. The van der Waals surface area contributed by atoms with E-state index in [1.807, 2.05) is 13.8 Å². The highest BCUT2D eigenvalue weighted by atomic mass is 14.9. The molecule has 1 nitrogen and oxygen atoms in total. The molecule has 0 radical (unpaired) electrons. The molecule has 0 spiro atoms. The van der Waals surface area contributed by atoms with E-state index in [1.165, 1.54) is 38.6 Å².